The number of pyridine rings is 1. The van der Waals surface area contributed by atoms with Crippen molar-refractivity contribution in [3.8, 4) is 0 Å². The quantitative estimate of drug-likeness (QED) is 0.698. The Kier molecular flexibility index (Phi) is 3.05. The van der Waals surface area contributed by atoms with Gasteiger partial charge < -0.3 is 11.1 Å². The number of nitrogens with two attached hydrogens (primary N) is 1. The summed E-state index contributed by atoms with van der Waals surface area (Å²) in [6.45, 7) is 0. The van der Waals surface area contributed by atoms with E-state index >= 15 is 0 Å². The van der Waals surface area contributed by atoms with Crippen molar-refractivity contribution in [2.45, 2.75) is 0 Å². The molecule has 2 aromatic carbocycles. The van der Waals surface area contributed by atoms with Crippen LogP contribution in [0.2, 0.25) is 0 Å². The molecule has 4 nitrogen and oxygen atoms in total. The van der Waals surface area contributed by atoms with Gasteiger partial charge in [-0.25, -0.2) is 0 Å². The molecule has 1 aromatic heterocycles. The Labute approximate surface area is 116 Å². The summed E-state index contributed by atoms with van der Waals surface area (Å²) in [5, 5.41) is 3.87. The first kappa shape index (κ1) is 12.2. The number of nitrogen functional groups attached to an aromatic ring is 1. The second kappa shape index (κ2) is 5.01. The van der Waals surface area contributed by atoms with Crippen molar-refractivity contribution >= 4 is 28.2 Å². The van der Waals surface area contributed by atoms with Crippen LogP contribution in [0.3, 0.4) is 0 Å². The van der Waals surface area contributed by atoms with Gasteiger partial charge in [-0.15, -0.1) is 0 Å². The summed E-state index contributed by atoms with van der Waals surface area (Å²) in [5.41, 5.74) is 8.28. The first-order valence-electron chi connectivity index (χ1n) is 6.25. The zero-order valence-corrected chi connectivity index (χ0v) is 10.7. The minimum absolute atomic E-state index is 0.178. The summed E-state index contributed by atoms with van der Waals surface area (Å²) in [6.07, 6.45) is 1.71. The molecule has 0 bridgehead atoms. The molecule has 0 aliphatic rings. The number of para-hydroxylation sites is 1. The van der Waals surface area contributed by atoms with E-state index in [2.05, 4.69) is 10.3 Å². The van der Waals surface area contributed by atoms with Crippen molar-refractivity contribution in [3.63, 3.8) is 0 Å². The van der Waals surface area contributed by atoms with E-state index in [9.17, 15) is 4.79 Å². The number of carbonyl (C=O) groups excluding carboxylic acids is 1. The predicted molar refractivity (Wildman–Crippen MR) is 80.6 cm³/mol. The van der Waals surface area contributed by atoms with Crippen molar-refractivity contribution in [3.05, 3.63) is 66.4 Å². The Morgan fingerprint density at radius 1 is 1.00 bits per heavy atom. The molecule has 3 rings (SSSR count). The van der Waals surface area contributed by atoms with E-state index in [0.29, 0.717) is 16.9 Å². The van der Waals surface area contributed by atoms with E-state index in [1.54, 1.807) is 30.5 Å². The van der Waals surface area contributed by atoms with E-state index in [1.165, 1.54) is 0 Å². The standard InChI is InChI=1S/C16H13N3O/c17-13-8-6-12(7-9-13)16(20)19-14-5-1-3-11-4-2-10-18-15(11)14/h1-10H,17H2,(H,19,20). The number of hydrogen-bond donors (Lipinski definition) is 2. The van der Waals surface area contributed by atoms with Gasteiger partial charge in [0.05, 0.1) is 11.2 Å². The molecule has 0 saturated heterocycles. The summed E-state index contributed by atoms with van der Waals surface area (Å²) in [4.78, 5) is 16.5. The van der Waals surface area contributed by atoms with Crippen LogP contribution in [0, 0.1) is 0 Å². The molecular formula is C16H13N3O. The topological polar surface area (TPSA) is 68.0 Å². The Balaban J connectivity index is 1.93. The first-order chi connectivity index (χ1) is 9.74. The van der Waals surface area contributed by atoms with Crippen molar-refractivity contribution in [2.24, 2.45) is 0 Å². The van der Waals surface area contributed by atoms with Gasteiger partial charge in [0, 0.05) is 22.8 Å². The van der Waals surface area contributed by atoms with Crippen molar-refractivity contribution in [1.29, 1.82) is 0 Å². The second-order valence-electron chi connectivity index (χ2n) is 4.46. The van der Waals surface area contributed by atoms with Gasteiger partial charge in [0.1, 0.15) is 0 Å². The van der Waals surface area contributed by atoms with Gasteiger partial charge >= 0.3 is 0 Å². The van der Waals surface area contributed by atoms with Gasteiger partial charge in [-0.1, -0.05) is 18.2 Å². The van der Waals surface area contributed by atoms with Gasteiger partial charge in [-0.3, -0.25) is 9.78 Å². The lowest BCUT2D eigenvalue weighted by Gasteiger charge is -2.08. The molecule has 0 aliphatic heterocycles. The maximum absolute atomic E-state index is 12.2. The summed E-state index contributed by atoms with van der Waals surface area (Å²) in [5.74, 6) is -0.178. The molecule has 0 saturated carbocycles. The molecule has 0 fully saturated rings. The average molecular weight is 263 g/mol. The largest absolute Gasteiger partial charge is 0.399 e. The number of amides is 1. The van der Waals surface area contributed by atoms with Crippen LogP contribution in [0.15, 0.2) is 60.8 Å². The van der Waals surface area contributed by atoms with Gasteiger partial charge in [0.15, 0.2) is 0 Å². The molecule has 0 aliphatic carbocycles. The van der Waals surface area contributed by atoms with Crippen molar-refractivity contribution in [1.82, 2.24) is 4.98 Å². The maximum Gasteiger partial charge on any atom is 0.255 e. The van der Waals surface area contributed by atoms with Gasteiger partial charge in [0.25, 0.3) is 5.91 Å². The van der Waals surface area contributed by atoms with Gasteiger partial charge in [-0.05, 0) is 36.4 Å². The van der Waals surface area contributed by atoms with Crippen LogP contribution in [0.5, 0.6) is 0 Å². The van der Waals surface area contributed by atoms with Crippen LogP contribution in [-0.2, 0) is 0 Å². The number of rotatable bonds is 2. The summed E-state index contributed by atoms with van der Waals surface area (Å²) >= 11 is 0. The number of benzene rings is 2. The van der Waals surface area contributed by atoms with Gasteiger partial charge in [-0.2, -0.15) is 0 Å². The normalized spacial score (nSPS) is 10.4. The molecule has 98 valence electrons. The molecule has 4 heteroatoms. The fraction of sp³-hybridized carbons (Fsp3) is 0. The molecule has 1 amide bonds. The van der Waals surface area contributed by atoms with E-state index in [-0.39, 0.29) is 5.91 Å². The fourth-order valence-electron chi connectivity index (χ4n) is 2.03. The average Bonchev–Trinajstić information content (AvgIpc) is 2.48. The summed E-state index contributed by atoms with van der Waals surface area (Å²) < 4.78 is 0. The number of hydrogen-bond acceptors (Lipinski definition) is 3. The van der Waals surface area contributed by atoms with Crippen LogP contribution in [0.1, 0.15) is 10.4 Å². The molecule has 0 radical (unpaired) electrons. The van der Waals surface area contributed by atoms with Crippen LogP contribution in [0.25, 0.3) is 10.9 Å². The van der Waals surface area contributed by atoms with Crippen LogP contribution >= 0.6 is 0 Å². The number of aromatic nitrogens is 1. The Bertz CT molecular complexity index is 761. The minimum Gasteiger partial charge on any atom is -0.399 e. The summed E-state index contributed by atoms with van der Waals surface area (Å²) in [6, 6.07) is 16.3. The molecule has 3 aromatic rings. The highest BCUT2D eigenvalue weighted by molar-refractivity contribution is 6.08. The highest BCUT2D eigenvalue weighted by atomic mass is 16.1. The van der Waals surface area contributed by atoms with Gasteiger partial charge in [0.2, 0.25) is 0 Å². The predicted octanol–water partition coefficient (Wildman–Crippen LogP) is 3.07. The third-order valence-corrected chi connectivity index (χ3v) is 3.05. The molecule has 20 heavy (non-hydrogen) atoms. The van der Waals surface area contributed by atoms with Crippen LogP contribution < -0.4 is 11.1 Å². The Morgan fingerprint density at radius 3 is 2.55 bits per heavy atom. The molecule has 1 heterocycles. The van der Waals surface area contributed by atoms with E-state index in [4.69, 9.17) is 5.73 Å². The second-order valence-corrected chi connectivity index (χ2v) is 4.46. The van der Waals surface area contributed by atoms with Crippen molar-refractivity contribution < 1.29 is 4.79 Å². The maximum atomic E-state index is 12.2. The Hall–Kier alpha value is -2.88. The number of nitrogens with one attached hydrogen (secondary N) is 1. The van der Waals surface area contributed by atoms with Crippen LogP contribution in [0.4, 0.5) is 11.4 Å². The fourth-order valence-corrected chi connectivity index (χ4v) is 2.03. The Morgan fingerprint density at radius 2 is 1.75 bits per heavy atom. The molecular weight excluding hydrogens is 250 g/mol. The third-order valence-electron chi connectivity index (χ3n) is 3.05. The highest BCUT2D eigenvalue weighted by Gasteiger charge is 2.08. The minimum atomic E-state index is -0.178. The van der Waals surface area contributed by atoms with E-state index < -0.39 is 0 Å². The smallest absolute Gasteiger partial charge is 0.255 e. The van der Waals surface area contributed by atoms with Crippen LogP contribution in [-0.4, -0.2) is 10.9 Å². The zero-order chi connectivity index (χ0) is 13.9. The lowest BCUT2D eigenvalue weighted by atomic mass is 10.1. The number of fused-ring (bicyclic) bond motifs is 1. The number of carbonyl (C=O) groups is 1. The molecule has 3 N–H and O–H groups in total. The van der Waals surface area contributed by atoms with E-state index in [1.807, 2.05) is 30.3 Å². The molecule has 0 atom stereocenters. The highest BCUT2D eigenvalue weighted by Crippen LogP contribution is 2.21. The lowest BCUT2D eigenvalue weighted by molar-refractivity contribution is 0.102. The van der Waals surface area contributed by atoms with E-state index in [0.717, 1.165) is 10.9 Å². The zero-order valence-electron chi connectivity index (χ0n) is 10.7. The van der Waals surface area contributed by atoms with Crippen molar-refractivity contribution in [2.75, 3.05) is 11.1 Å². The SMILES string of the molecule is Nc1ccc(C(=O)Nc2cccc3cccnc23)cc1. The first-order valence-corrected chi connectivity index (χ1v) is 6.25. The molecule has 0 spiro atoms. The molecule has 0 unspecified atom stereocenters. The lowest BCUT2D eigenvalue weighted by Crippen LogP contribution is -2.12. The summed E-state index contributed by atoms with van der Waals surface area (Å²) in [7, 11) is 0. The number of anilines is 2. The monoisotopic (exact) mass is 263 g/mol. The third kappa shape index (κ3) is 2.31. The number of nitrogens with zero attached hydrogens (tertiary/aromatic N) is 1.